The van der Waals surface area contributed by atoms with Crippen LogP contribution in [-0.2, 0) is 4.74 Å². The molecule has 0 aliphatic carbocycles. The van der Waals surface area contributed by atoms with Gasteiger partial charge < -0.3 is 14.6 Å². The maximum absolute atomic E-state index is 11.7. The molecule has 0 heterocycles. The van der Waals surface area contributed by atoms with Crippen molar-refractivity contribution < 1.29 is 19.4 Å². The summed E-state index contributed by atoms with van der Waals surface area (Å²) in [6, 6.07) is 12.5. The fourth-order valence-corrected chi connectivity index (χ4v) is 2.02. The Bertz CT molecular complexity index is 687. The van der Waals surface area contributed by atoms with E-state index < -0.39 is 11.7 Å². The number of anilines is 1. The van der Waals surface area contributed by atoms with Gasteiger partial charge in [0.2, 0.25) is 0 Å². The van der Waals surface area contributed by atoms with Gasteiger partial charge in [-0.15, -0.1) is 0 Å². The van der Waals surface area contributed by atoms with E-state index in [0.717, 1.165) is 11.1 Å². The predicted octanol–water partition coefficient (Wildman–Crippen LogP) is 4.41. The molecule has 0 saturated heterocycles. The molecular weight excluding hydrogens is 294 g/mol. The van der Waals surface area contributed by atoms with Crippen molar-refractivity contribution >= 4 is 11.8 Å². The molecule has 0 unspecified atom stereocenters. The Morgan fingerprint density at radius 1 is 1.04 bits per heavy atom. The van der Waals surface area contributed by atoms with Crippen molar-refractivity contribution in [3.63, 3.8) is 0 Å². The largest absolute Gasteiger partial charge is 0.504 e. The zero-order valence-electron chi connectivity index (χ0n) is 13.7. The summed E-state index contributed by atoms with van der Waals surface area (Å²) in [5.41, 5.74) is 1.96. The summed E-state index contributed by atoms with van der Waals surface area (Å²) < 4.78 is 10.3. The second-order valence-electron chi connectivity index (χ2n) is 6.09. The number of phenols is 1. The number of benzene rings is 2. The van der Waals surface area contributed by atoms with Crippen LogP contribution in [-0.4, -0.2) is 23.9 Å². The molecule has 2 aromatic carbocycles. The summed E-state index contributed by atoms with van der Waals surface area (Å²) in [6.45, 7) is 5.44. The van der Waals surface area contributed by atoms with Crippen molar-refractivity contribution in [3.8, 4) is 22.6 Å². The summed E-state index contributed by atoms with van der Waals surface area (Å²) in [7, 11) is 1.51. The number of carbonyl (C=O) groups is 1. The Morgan fingerprint density at radius 3 is 2.22 bits per heavy atom. The fraction of sp³-hybridized carbons (Fsp3) is 0.278. The number of amides is 1. The topological polar surface area (TPSA) is 67.8 Å². The Kier molecular flexibility index (Phi) is 4.79. The number of phenolic OH excluding ortho intramolecular Hbond substituents is 1. The van der Waals surface area contributed by atoms with Crippen LogP contribution in [0.1, 0.15) is 20.8 Å². The lowest BCUT2D eigenvalue weighted by Crippen LogP contribution is -2.27. The van der Waals surface area contributed by atoms with Crippen LogP contribution in [0.5, 0.6) is 11.5 Å². The Labute approximate surface area is 135 Å². The van der Waals surface area contributed by atoms with E-state index in [1.54, 1.807) is 30.3 Å². The van der Waals surface area contributed by atoms with Crippen molar-refractivity contribution in [2.45, 2.75) is 26.4 Å². The van der Waals surface area contributed by atoms with Crippen molar-refractivity contribution in [2.75, 3.05) is 12.4 Å². The maximum Gasteiger partial charge on any atom is 0.412 e. The summed E-state index contributed by atoms with van der Waals surface area (Å²) >= 11 is 0. The van der Waals surface area contributed by atoms with E-state index in [2.05, 4.69) is 5.32 Å². The van der Waals surface area contributed by atoms with Crippen LogP contribution in [0.25, 0.3) is 11.1 Å². The third-order valence-electron chi connectivity index (χ3n) is 3.04. The lowest BCUT2D eigenvalue weighted by Gasteiger charge is -2.19. The molecule has 2 aromatic rings. The van der Waals surface area contributed by atoms with Crippen LogP contribution in [0, 0.1) is 0 Å². The van der Waals surface area contributed by atoms with Gasteiger partial charge in [0, 0.05) is 5.69 Å². The first kappa shape index (κ1) is 16.7. The van der Waals surface area contributed by atoms with Crippen LogP contribution in [0.3, 0.4) is 0 Å². The zero-order chi connectivity index (χ0) is 17.0. The first-order valence-electron chi connectivity index (χ1n) is 7.26. The molecule has 2 N–H and O–H groups in total. The zero-order valence-corrected chi connectivity index (χ0v) is 13.7. The van der Waals surface area contributed by atoms with Gasteiger partial charge in [-0.2, -0.15) is 0 Å². The van der Waals surface area contributed by atoms with Crippen molar-refractivity contribution in [1.82, 2.24) is 0 Å². The van der Waals surface area contributed by atoms with Gasteiger partial charge in [-0.3, -0.25) is 5.32 Å². The summed E-state index contributed by atoms with van der Waals surface area (Å²) in [4.78, 5) is 11.7. The molecule has 0 bridgehead atoms. The minimum Gasteiger partial charge on any atom is -0.504 e. The van der Waals surface area contributed by atoms with Crippen LogP contribution < -0.4 is 10.1 Å². The number of aromatic hydroxyl groups is 1. The Hall–Kier alpha value is -2.69. The van der Waals surface area contributed by atoms with Gasteiger partial charge in [0.25, 0.3) is 0 Å². The van der Waals surface area contributed by atoms with E-state index in [-0.39, 0.29) is 5.75 Å². The van der Waals surface area contributed by atoms with Gasteiger partial charge in [-0.1, -0.05) is 18.2 Å². The quantitative estimate of drug-likeness (QED) is 0.880. The van der Waals surface area contributed by atoms with Gasteiger partial charge >= 0.3 is 6.09 Å². The second kappa shape index (κ2) is 6.60. The predicted molar refractivity (Wildman–Crippen MR) is 90.0 cm³/mol. The van der Waals surface area contributed by atoms with E-state index in [4.69, 9.17) is 9.47 Å². The minimum atomic E-state index is -0.535. The third kappa shape index (κ3) is 4.64. The number of rotatable bonds is 3. The van der Waals surface area contributed by atoms with Gasteiger partial charge in [0.05, 0.1) is 7.11 Å². The lowest BCUT2D eigenvalue weighted by atomic mass is 10.0. The Balaban J connectivity index is 2.12. The fourth-order valence-electron chi connectivity index (χ4n) is 2.02. The summed E-state index contributed by atoms with van der Waals surface area (Å²) in [5.74, 6) is 0.512. The number of nitrogens with one attached hydrogen (secondary N) is 1. The smallest absolute Gasteiger partial charge is 0.412 e. The number of hydrogen-bond donors (Lipinski definition) is 2. The van der Waals surface area contributed by atoms with Crippen molar-refractivity contribution in [1.29, 1.82) is 0 Å². The van der Waals surface area contributed by atoms with Gasteiger partial charge in [-0.25, -0.2) is 4.79 Å². The van der Waals surface area contributed by atoms with E-state index in [0.29, 0.717) is 11.4 Å². The molecule has 122 valence electrons. The highest BCUT2D eigenvalue weighted by molar-refractivity contribution is 5.85. The molecule has 5 heteroatoms. The van der Waals surface area contributed by atoms with Gasteiger partial charge in [0.1, 0.15) is 5.60 Å². The highest BCUT2D eigenvalue weighted by atomic mass is 16.6. The monoisotopic (exact) mass is 315 g/mol. The average molecular weight is 315 g/mol. The second-order valence-corrected chi connectivity index (χ2v) is 6.09. The average Bonchev–Trinajstić information content (AvgIpc) is 2.46. The minimum absolute atomic E-state index is 0.0967. The summed E-state index contributed by atoms with van der Waals surface area (Å²) in [5, 5.41) is 12.3. The van der Waals surface area contributed by atoms with Crippen LogP contribution in [0.4, 0.5) is 10.5 Å². The van der Waals surface area contributed by atoms with Crippen molar-refractivity contribution in [2.24, 2.45) is 0 Å². The standard InChI is InChI=1S/C18H21NO4/c1-18(2,3)23-17(21)19-14-8-5-12(6-9-14)13-7-10-15(20)16(11-13)22-4/h5-11,20H,1-4H3,(H,19,21). The van der Waals surface area contributed by atoms with E-state index in [1.165, 1.54) is 7.11 Å². The van der Waals surface area contributed by atoms with Crippen molar-refractivity contribution in [3.05, 3.63) is 42.5 Å². The van der Waals surface area contributed by atoms with E-state index in [9.17, 15) is 9.90 Å². The molecule has 0 spiro atoms. The molecule has 2 rings (SSSR count). The Morgan fingerprint density at radius 2 is 1.65 bits per heavy atom. The number of hydrogen-bond acceptors (Lipinski definition) is 4. The number of carbonyl (C=O) groups excluding carboxylic acids is 1. The van der Waals surface area contributed by atoms with Gasteiger partial charge in [-0.05, 0) is 56.2 Å². The first-order chi connectivity index (χ1) is 10.8. The molecule has 5 nitrogen and oxygen atoms in total. The van der Waals surface area contributed by atoms with E-state index >= 15 is 0 Å². The first-order valence-corrected chi connectivity index (χ1v) is 7.26. The molecule has 0 radical (unpaired) electrons. The number of ether oxygens (including phenoxy) is 2. The maximum atomic E-state index is 11.7. The number of methoxy groups -OCH3 is 1. The SMILES string of the molecule is COc1cc(-c2ccc(NC(=O)OC(C)(C)C)cc2)ccc1O. The third-order valence-corrected chi connectivity index (χ3v) is 3.04. The highest BCUT2D eigenvalue weighted by Crippen LogP contribution is 2.31. The molecule has 1 amide bonds. The molecule has 23 heavy (non-hydrogen) atoms. The lowest BCUT2D eigenvalue weighted by molar-refractivity contribution is 0.0636. The van der Waals surface area contributed by atoms with Gasteiger partial charge in [0.15, 0.2) is 11.5 Å². The molecule has 0 aromatic heterocycles. The molecule has 0 atom stereocenters. The molecule has 0 aliphatic rings. The molecule has 0 saturated carbocycles. The molecule has 0 aliphatic heterocycles. The molecular formula is C18H21NO4. The normalized spacial score (nSPS) is 11.0. The molecule has 0 fully saturated rings. The van der Waals surface area contributed by atoms with E-state index in [1.807, 2.05) is 32.9 Å². The highest BCUT2D eigenvalue weighted by Gasteiger charge is 2.16. The summed E-state index contributed by atoms with van der Waals surface area (Å²) in [6.07, 6.45) is -0.489. The van der Waals surface area contributed by atoms with Crippen LogP contribution in [0.2, 0.25) is 0 Å². The van der Waals surface area contributed by atoms with Crippen LogP contribution >= 0.6 is 0 Å². The van der Waals surface area contributed by atoms with Crippen LogP contribution in [0.15, 0.2) is 42.5 Å².